The summed E-state index contributed by atoms with van der Waals surface area (Å²) in [4.78, 5) is 7.94. The molecule has 2 N–H and O–H groups in total. The normalized spacial score (nSPS) is 11.2. The van der Waals surface area contributed by atoms with Crippen LogP contribution in [0.4, 0.5) is 12.0 Å². The van der Waals surface area contributed by atoms with E-state index in [0.29, 0.717) is 6.01 Å². The summed E-state index contributed by atoms with van der Waals surface area (Å²) in [7, 11) is 5.95. The molecule has 0 aliphatic rings. The minimum Gasteiger partial charge on any atom is -0.464 e. The lowest BCUT2D eigenvalue weighted by atomic mass is 10.4. The summed E-state index contributed by atoms with van der Waals surface area (Å²) < 4.78 is 10.7. The molecule has 2 aromatic rings. The van der Waals surface area contributed by atoms with Crippen molar-refractivity contribution in [2.75, 3.05) is 44.1 Å². The lowest BCUT2D eigenvalue weighted by Crippen LogP contribution is -2.20. The molecule has 0 atom stereocenters. The molecule has 2 rings (SSSR count). The van der Waals surface area contributed by atoms with Crippen LogP contribution >= 0.6 is 11.8 Å². The Hall–Kier alpha value is -1.67. The third-order valence-corrected chi connectivity index (χ3v) is 3.72. The number of anilines is 2. The highest BCUT2D eigenvalue weighted by Crippen LogP contribution is 2.17. The van der Waals surface area contributed by atoms with Gasteiger partial charge in [0.25, 0.3) is 5.95 Å². The zero-order valence-electron chi connectivity index (χ0n) is 12.6. The summed E-state index contributed by atoms with van der Waals surface area (Å²) in [5, 5.41) is 3.56. The quantitative estimate of drug-likeness (QED) is 0.737. The Morgan fingerprint density at radius 2 is 2.00 bits per heavy atom. The van der Waals surface area contributed by atoms with Crippen LogP contribution in [0.25, 0.3) is 0 Å². The van der Waals surface area contributed by atoms with Crippen molar-refractivity contribution in [3.63, 3.8) is 0 Å². The van der Waals surface area contributed by atoms with E-state index in [2.05, 4.69) is 15.0 Å². The van der Waals surface area contributed by atoms with E-state index < -0.39 is 0 Å². The van der Waals surface area contributed by atoms with Gasteiger partial charge in [-0.25, -0.2) is 0 Å². The van der Waals surface area contributed by atoms with Crippen molar-refractivity contribution >= 4 is 23.7 Å². The minimum atomic E-state index is 0.161. The molecule has 116 valence electrons. The van der Waals surface area contributed by atoms with E-state index in [1.165, 1.54) is 0 Å². The molecule has 0 radical (unpaired) electrons. The van der Waals surface area contributed by atoms with E-state index in [9.17, 15) is 0 Å². The van der Waals surface area contributed by atoms with Gasteiger partial charge in [0.15, 0.2) is 0 Å². The Labute approximate surface area is 128 Å². The van der Waals surface area contributed by atoms with Crippen LogP contribution in [-0.4, -0.2) is 48.5 Å². The molecule has 8 heteroatoms. The Balaban J connectivity index is 1.68. The molecule has 0 amide bonds. The third-order valence-electron chi connectivity index (χ3n) is 2.76. The van der Waals surface area contributed by atoms with Gasteiger partial charge < -0.3 is 24.5 Å². The van der Waals surface area contributed by atoms with Gasteiger partial charge in [-0.3, -0.25) is 0 Å². The molecule has 0 saturated carbocycles. The first-order valence-corrected chi connectivity index (χ1v) is 7.80. The molecule has 0 aliphatic heterocycles. The second kappa shape index (κ2) is 7.37. The van der Waals surface area contributed by atoms with E-state index >= 15 is 0 Å². The number of hydrogen-bond donors (Lipinski definition) is 1. The van der Waals surface area contributed by atoms with Crippen molar-refractivity contribution in [1.29, 1.82) is 0 Å². The van der Waals surface area contributed by atoms with E-state index in [-0.39, 0.29) is 5.95 Å². The van der Waals surface area contributed by atoms with Crippen LogP contribution in [0, 0.1) is 0 Å². The summed E-state index contributed by atoms with van der Waals surface area (Å²) in [6.07, 6.45) is 0. The highest BCUT2D eigenvalue weighted by molar-refractivity contribution is 7.98. The fourth-order valence-electron chi connectivity index (χ4n) is 1.75. The monoisotopic (exact) mass is 311 g/mol. The number of nitrogens with two attached hydrogens (primary N) is 1. The lowest BCUT2D eigenvalue weighted by molar-refractivity contribution is 0.344. The predicted molar refractivity (Wildman–Crippen MR) is 84.2 cm³/mol. The fourth-order valence-corrected chi connectivity index (χ4v) is 2.65. The van der Waals surface area contributed by atoms with Crippen molar-refractivity contribution < 1.29 is 8.94 Å². The van der Waals surface area contributed by atoms with Gasteiger partial charge in [0, 0.05) is 19.3 Å². The summed E-state index contributed by atoms with van der Waals surface area (Å²) in [5.41, 5.74) is 5.42. The number of aromatic nitrogens is 2. The first-order valence-electron chi connectivity index (χ1n) is 6.65. The first-order chi connectivity index (χ1) is 10.0. The average Bonchev–Trinajstić information content (AvgIpc) is 3.03. The maximum Gasteiger partial charge on any atom is 0.325 e. The van der Waals surface area contributed by atoms with Crippen LogP contribution < -0.4 is 10.6 Å². The highest BCUT2D eigenvalue weighted by Gasteiger charge is 2.09. The molecule has 0 unspecified atom stereocenters. The van der Waals surface area contributed by atoms with Gasteiger partial charge in [-0.1, -0.05) is 0 Å². The van der Waals surface area contributed by atoms with Crippen LogP contribution in [-0.2, 0) is 12.3 Å². The van der Waals surface area contributed by atoms with Crippen molar-refractivity contribution in [2.24, 2.45) is 0 Å². The molecule has 21 heavy (non-hydrogen) atoms. The number of nitrogen functional groups attached to an aromatic ring is 1. The van der Waals surface area contributed by atoms with Gasteiger partial charge >= 0.3 is 6.01 Å². The maximum absolute atomic E-state index is 5.76. The van der Waals surface area contributed by atoms with E-state index in [0.717, 1.165) is 36.1 Å². The standard InChI is InChI=1S/C13H21N5O2S/c1-17(2)8-10-4-5-11(19-10)9-21-7-6-18(3)13-15-12(14)16-20-13/h4-5H,6-9H2,1-3H3,(H2,14,16). The number of thioether (sulfide) groups is 1. The Morgan fingerprint density at radius 3 is 2.67 bits per heavy atom. The Morgan fingerprint density at radius 1 is 1.24 bits per heavy atom. The molecule has 7 nitrogen and oxygen atoms in total. The number of furan rings is 1. The Kier molecular flexibility index (Phi) is 5.51. The molecule has 2 aromatic heterocycles. The second-order valence-electron chi connectivity index (χ2n) is 5.02. The van der Waals surface area contributed by atoms with Crippen LogP contribution in [0.3, 0.4) is 0 Å². The summed E-state index contributed by atoms with van der Waals surface area (Å²) in [5.74, 6) is 3.94. The third kappa shape index (κ3) is 4.98. The zero-order valence-corrected chi connectivity index (χ0v) is 13.4. The highest BCUT2D eigenvalue weighted by atomic mass is 32.2. The summed E-state index contributed by atoms with van der Waals surface area (Å²) in [6, 6.07) is 4.51. The molecule has 0 saturated heterocycles. The zero-order chi connectivity index (χ0) is 15.2. The van der Waals surface area contributed by atoms with Gasteiger partial charge in [0.1, 0.15) is 11.5 Å². The lowest BCUT2D eigenvalue weighted by Gasteiger charge is -2.12. The van der Waals surface area contributed by atoms with Crippen LogP contribution in [0.15, 0.2) is 21.1 Å². The van der Waals surface area contributed by atoms with Gasteiger partial charge in [-0.2, -0.15) is 16.7 Å². The predicted octanol–water partition coefficient (Wildman–Crippen LogP) is 1.68. The molecule has 0 aromatic carbocycles. The SMILES string of the molecule is CN(C)Cc1ccc(CSCCN(C)c2nc(N)no2)o1. The van der Waals surface area contributed by atoms with E-state index in [1.54, 1.807) is 11.8 Å². The summed E-state index contributed by atoms with van der Waals surface area (Å²) >= 11 is 1.80. The van der Waals surface area contributed by atoms with Gasteiger partial charge in [0.05, 0.1) is 12.3 Å². The fraction of sp³-hybridized carbons (Fsp3) is 0.538. The smallest absolute Gasteiger partial charge is 0.325 e. The molecule has 0 fully saturated rings. The minimum absolute atomic E-state index is 0.161. The molecule has 0 bridgehead atoms. The van der Waals surface area contributed by atoms with Crippen molar-refractivity contribution in [2.45, 2.75) is 12.3 Å². The van der Waals surface area contributed by atoms with Crippen LogP contribution in [0.2, 0.25) is 0 Å². The molecular weight excluding hydrogens is 290 g/mol. The number of nitrogens with zero attached hydrogens (tertiary/aromatic N) is 4. The van der Waals surface area contributed by atoms with Crippen LogP contribution in [0.5, 0.6) is 0 Å². The average molecular weight is 311 g/mol. The van der Waals surface area contributed by atoms with Gasteiger partial charge in [0.2, 0.25) is 0 Å². The van der Waals surface area contributed by atoms with Crippen molar-refractivity contribution in [3.8, 4) is 0 Å². The van der Waals surface area contributed by atoms with Crippen molar-refractivity contribution in [3.05, 3.63) is 23.7 Å². The number of hydrogen-bond acceptors (Lipinski definition) is 8. The number of rotatable bonds is 8. The second-order valence-corrected chi connectivity index (χ2v) is 6.12. The van der Waals surface area contributed by atoms with Gasteiger partial charge in [-0.05, 0) is 31.4 Å². The van der Waals surface area contributed by atoms with Crippen molar-refractivity contribution in [1.82, 2.24) is 15.0 Å². The van der Waals surface area contributed by atoms with Crippen LogP contribution in [0.1, 0.15) is 11.5 Å². The molecule has 0 aliphatic carbocycles. The topological polar surface area (TPSA) is 84.6 Å². The molecular formula is C13H21N5O2S. The maximum atomic E-state index is 5.76. The molecule has 2 heterocycles. The van der Waals surface area contributed by atoms with E-state index in [4.69, 9.17) is 14.7 Å². The summed E-state index contributed by atoms with van der Waals surface area (Å²) in [6.45, 7) is 1.63. The Bertz CT molecular complexity index is 554. The van der Waals surface area contributed by atoms with E-state index in [1.807, 2.05) is 38.2 Å². The van der Waals surface area contributed by atoms with Gasteiger partial charge in [-0.15, -0.1) is 0 Å². The largest absolute Gasteiger partial charge is 0.464 e. The molecule has 0 spiro atoms. The first kappa shape index (κ1) is 15.7.